The van der Waals surface area contributed by atoms with Crippen LogP contribution in [0.15, 0.2) is 34.8 Å². The molecule has 0 saturated carbocycles. The van der Waals surface area contributed by atoms with Gasteiger partial charge in [-0.25, -0.2) is 8.78 Å². The molecule has 0 fully saturated rings. The van der Waals surface area contributed by atoms with Crippen molar-refractivity contribution >= 4 is 27.5 Å². The van der Waals surface area contributed by atoms with E-state index in [2.05, 4.69) is 21.2 Å². The highest BCUT2D eigenvalue weighted by Crippen LogP contribution is 2.27. The van der Waals surface area contributed by atoms with Gasteiger partial charge in [-0.2, -0.15) is 0 Å². The molecule has 0 aliphatic carbocycles. The van der Waals surface area contributed by atoms with E-state index in [9.17, 15) is 13.6 Å². The third kappa shape index (κ3) is 3.39. The molecule has 0 bridgehead atoms. The van der Waals surface area contributed by atoms with Crippen LogP contribution in [0.25, 0.3) is 0 Å². The molecule has 2 aromatic carbocycles. The van der Waals surface area contributed by atoms with E-state index in [4.69, 9.17) is 4.74 Å². The Morgan fingerprint density at radius 2 is 1.81 bits per heavy atom. The molecule has 3 nitrogen and oxygen atoms in total. The Morgan fingerprint density at radius 3 is 2.38 bits per heavy atom. The second-order valence-corrected chi connectivity index (χ2v) is 5.32. The van der Waals surface area contributed by atoms with E-state index in [-0.39, 0.29) is 4.47 Å². The van der Waals surface area contributed by atoms with Crippen LogP contribution in [0.2, 0.25) is 0 Å². The molecule has 0 aliphatic heterocycles. The molecular formula is C15H12BrF2NO2. The predicted molar refractivity (Wildman–Crippen MR) is 79.7 cm³/mol. The Hall–Kier alpha value is -1.95. The van der Waals surface area contributed by atoms with Gasteiger partial charge in [0.2, 0.25) is 0 Å². The summed E-state index contributed by atoms with van der Waals surface area (Å²) in [5.74, 6) is -2.34. The Balaban J connectivity index is 2.35. The third-order valence-electron chi connectivity index (χ3n) is 2.84. The number of ether oxygens (including phenoxy) is 1. The molecule has 1 amide bonds. The van der Waals surface area contributed by atoms with E-state index in [1.54, 1.807) is 18.2 Å². The summed E-state index contributed by atoms with van der Waals surface area (Å²) in [6.45, 7) is 1.86. The lowest BCUT2D eigenvalue weighted by atomic mass is 10.1. The number of rotatable bonds is 3. The molecule has 6 heteroatoms. The Kier molecular flexibility index (Phi) is 4.57. The van der Waals surface area contributed by atoms with Crippen molar-refractivity contribution in [2.24, 2.45) is 0 Å². The normalized spacial score (nSPS) is 10.3. The second kappa shape index (κ2) is 6.22. The zero-order chi connectivity index (χ0) is 15.6. The van der Waals surface area contributed by atoms with Crippen LogP contribution in [-0.4, -0.2) is 13.0 Å². The quantitative estimate of drug-likeness (QED) is 0.891. The van der Waals surface area contributed by atoms with E-state index in [0.717, 1.165) is 17.7 Å². The van der Waals surface area contributed by atoms with E-state index in [1.807, 2.05) is 6.92 Å². The van der Waals surface area contributed by atoms with Gasteiger partial charge in [0, 0.05) is 4.47 Å². The maximum absolute atomic E-state index is 13.7. The Morgan fingerprint density at radius 1 is 1.19 bits per heavy atom. The van der Waals surface area contributed by atoms with Crippen LogP contribution in [-0.2, 0) is 0 Å². The van der Waals surface area contributed by atoms with Crippen LogP contribution in [0.3, 0.4) is 0 Å². The van der Waals surface area contributed by atoms with Crippen molar-refractivity contribution in [2.45, 2.75) is 6.92 Å². The van der Waals surface area contributed by atoms with Crippen molar-refractivity contribution in [3.63, 3.8) is 0 Å². The maximum Gasteiger partial charge on any atom is 0.261 e. The minimum absolute atomic E-state index is 0.224. The number of aryl methyl sites for hydroxylation is 1. The van der Waals surface area contributed by atoms with Crippen LogP contribution in [0.1, 0.15) is 15.9 Å². The fourth-order valence-electron chi connectivity index (χ4n) is 1.85. The van der Waals surface area contributed by atoms with Crippen molar-refractivity contribution in [1.29, 1.82) is 0 Å². The van der Waals surface area contributed by atoms with Gasteiger partial charge in [0.05, 0.1) is 12.8 Å². The van der Waals surface area contributed by atoms with Crippen molar-refractivity contribution in [3.05, 3.63) is 57.6 Å². The molecular weight excluding hydrogens is 344 g/mol. The minimum Gasteiger partial charge on any atom is -0.495 e. The molecule has 0 spiro atoms. The zero-order valence-corrected chi connectivity index (χ0v) is 12.9. The monoisotopic (exact) mass is 355 g/mol. The largest absolute Gasteiger partial charge is 0.495 e. The molecule has 110 valence electrons. The molecule has 2 rings (SSSR count). The smallest absolute Gasteiger partial charge is 0.261 e. The average Bonchev–Trinajstić information content (AvgIpc) is 2.39. The van der Waals surface area contributed by atoms with Gasteiger partial charge in [0.15, 0.2) is 0 Å². The first kappa shape index (κ1) is 15.4. The van der Waals surface area contributed by atoms with Gasteiger partial charge in [-0.15, -0.1) is 0 Å². The molecule has 0 atom stereocenters. The summed E-state index contributed by atoms with van der Waals surface area (Å²) in [6, 6.07) is 7.14. The molecule has 0 aromatic heterocycles. The van der Waals surface area contributed by atoms with Crippen LogP contribution in [0.5, 0.6) is 5.75 Å². The van der Waals surface area contributed by atoms with Gasteiger partial charge < -0.3 is 10.1 Å². The fraction of sp³-hybridized carbons (Fsp3) is 0.133. The number of carbonyl (C=O) groups excluding carboxylic acids is 1. The molecule has 0 radical (unpaired) electrons. The standard InChI is InChI=1S/C15H12BrF2NO2/c1-8-3-4-12(13(5-8)21-2)19-15(20)14-10(17)6-9(16)7-11(14)18/h3-7H,1-2H3,(H,19,20). The highest BCUT2D eigenvalue weighted by Gasteiger charge is 2.19. The molecule has 0 saturated heterocycles. The summed E-state index contributed by atoms with van der Waals surface area (Å²) in [4.78, 5) is 12.1. The second-order valence-electron chi connectivity index (χ2n) is 4.40. The number of halogens is 3. The summed E-state index contributed by atoms with van der Waals surface area (Å²) in [6.07, 6.45) is 0. The van der Waals surface area contributed by atoms with Gasteiger partial charge in [0.25, 0.3) is 5.91 Å². The van der Waals surface area contributed by atoms with Crippen LogP contribution < -0.4 is 10.1 Å². The first-order valence-corrected chi connectivity index (χ1v) is 6.82. The lowest BCUT2D eigenvalue weighted by Gasteiger charge is -2.12. The summed E-state index contributed by atoms with van der Waals surface area (Å²) < 4.78 is 32.9. The third-order valence-corrected chi connectivity index (χ3v) is 3.30. The minimum atomic E-state index is -0.939. The fourth-order valence-corrected chi connectivity index (χ4v) is 2.25. The van der Waals surface area contributed by atoms with E-state index in [0.29, 0.717) is 11.4 Å². The lowest BCUT2D eigenvalue weighted by molar-refractivity contribution is 0.101. The summed E-state index contributed by atoms with van der Waals surface area (Å²) in [7, 11) is 1.45. The molecule has 0 aliphatic rings. The molecule has 1 N–H and O–H groups in total. The van der Waals surface area contributed by atoms with Crippen molar-refractivity contribution in [3.8, 4) is 5.75 Å². The van der Waals surface area contributed by atoms with E-state index < -0.39 is 23.1 Å². The van der Waals surface area contributed by atoms with Gasteiger partial charge in [0.1, 0.15) is 22.9 Å². The van der Waals surface area contributed by atoms with Crippen molar-refractivity contribution in [2.75, 3.05) is 12.4 Å². The molecule has 0 heterocycles. The zero-order valence-electron chi connectivity index (χ0n) is 11.3. The maximum atomic E-state index is 13.7. The van der Waals surface area contributed by atoms with Gasteiger partial charge in [-0.05, 0) is 36.8 Å². The van der Waals surface area contributed by atoms with Gasteiger partial charge >= 0.3 is 0 Å². The van der Waals surface area contributed by atoms with Gasteiger partial charge in [-0.3, -0.25) is 4.79 Å². The summed E-state index contributed by atoms with van der Waals surface area (Å²) in [5.41, 5.74) is 0.640. The van der Waals surface area contributed by atoms with Crippen LogP contribution >= 0.6 is 15.9 Å². The SMILES string of the molecule is COc1cc(C)ccc1NC(=O)c1c(F)cc(Br)cc1F. The first-order valence-electron chi connectivity index (χ1n) is 6.03. The number of carbonyl (C=O) groups is 1. The number of hydrogen-bond acceptors (Lipinski definition) is 2. The number of benzene rings is 2. The first-order chi connectivity index (χ1) is 9.92. The number of nitrogens with one attached hydrogen (secondary N) is 1. The van der Waals surface area contributed by atoms with Crippen LogP contribution in [0.4, 0.5) is 14.5 Å². The lowest BCUT2D eigenvalue weighted by Crippen LogP contribution is -2.16. The summed E-state index contributed by atoms with van der Waals surface area (Å²) in [5, 5.41) is 2.45. The van der Waals surface area contributed by atoms with E-state index in [1.165, 1.54) is 7.11 Å². The molecule has 21 heavy (non-hydrogen) atoms. The molecule has 2 aromatic rings. The average molecular weight is 356 g/mol. The van der Waals surface area contributed by atoms with E-state index >= 15 is 0 Å². The number of hydrogen-bond donors (Lipinski definition) is 1. The molecule has 0 unspecified atom stereocenters. The Bertz CT molecular complexity index is 681. The number of anilines is 1. The number of amides is 1. The van der Waals surface area contributed by atoms with Crippen molar-refractivity contribution in [1.82, 2.24) is 0 Å². The summed E-state index contributed by atoms with van der Waals surface area (Å²) >= 11 is 2.96. The van der Waals surface area contributed by atoms with Gasteiger partial charge in [-0.1, -0.05) is 22.0 Å². The highest BCUT2D eigenvalue weighted by atomic mass is 79.9. The van der Waals surface area contributed by atoms with Crippen molar-refractivity contribution < 1.29 is 18.3 Å². The number of methoxy groups -OCH3 is 1. The van der Waals surface area contributed by atoms with Crippen LogP contribution in [0, 0.1) is 18.6 Å². The predicted octanol–water partition coefficient (Wildman–Crippen LogP) is 4.30. The highest BCUT2D eigenvalue weighted by molar-refractivity contribution is 9.10. The Labute approximate surface area is 129 Å². The topological polar surface area (TPSA) is 38.3 Å².